The van der Waals surface area contributed by atoms with E-state index >= 15 is 0 Å². The van der Waals surface area contributed by atoms with Crippen molar-refractivity contribution in [2.75, 3.05) is 32.8 Å². The summed E-state index contributed by atoms with van der Waals surface area (Å²) in [5.41, 5.74) is 0. The highest BCUT2D eigenvalue weighted by Gasteiger charge is 2.21. The van der Waals surface area contributed by atoms with Crippen molar-refractivity contribution in [2.45, 2.75) is 66.0 Å². The second-order valence-electron chi connectivity index (χ2n) is 7.73. The molecule has 1 heterocycles. The van der Waals surface area contributed by atoms with Crippen molar-refractivity contribution < 1.29 is 9.53 Å². The maximum absolute atomic E-state index is 12.0. The average Bonchev–Trinajstić information content (AvgIpc) is 2.44. The third kappa shape index (κ3) is 9.82. The summed E-state index contributed by atoms with van der Waals surface area (Å²) < 4.78 is 5.75. The van der Waals surface area contributed by atoms with Crippen LogP contribution in [0.25, 0.3) is 0 Å². The number of hydrogen-bond donors (Lipinski definition) is 2. The van der Waals surface area contributed by atoms with Gasteiger partial charge in [-0.1, -0.05) is 40.5 Å². The quantitative estimate of drug-likeness (QED) is 0.685. The van der Waals surface area contributed by atoms with Gasteiger partial charge in [0.05, 0.1) is 12.7 Å². The number of amides is 2. The zero-order valence-corrected chi connectivity index (χ0v) is 15.7. The zero-order chi connectivity index (χ0) is 17.2. The number of morpholine rings is 1. The lowest BCUT2D eigenvalue weighted by molar-refractivity contribution is -0.0290. The number of carbonyl (C=O) groups is 1. The number of carbonyl (C=O) groups excluding carboxylic acids is 1. The van der Waals surface area contributed by atoms with E-state index in [0.717, 1.165) is 45.0 Å². The molecule has 2 amide bonds. The number of nitrogens with one attached hydrogen (secondary N) is 2. The van der Waals surface area contributed by atoms with Crippen LogP contribution in [0.5, 0.6) is 0 Å². The first kappa shape index (κ1) is 20.2. The number of nitrogens with zero attached hydrogens (tertiary/aromatic N) is 1. The van der Waals surface area contributed by atoms with Crippen molar-refractivity contribution in [3.63, 3.8) is 0 Å². The largest absolute Gasteiger partial charge is 0.374 e. The van der Waals surface area contributed by atoms with Gasteiger partial charge in [-0.3, -0.25) is 4.90 Å². The maximum atomic E-state index is 12.0. The van der Waals surface area contributed by atoms with Crippen LogP contribution in [0.15, 0.2) is 0 Å². The Labute approximate surface area is 142 Å². The molecule has 5 nitrogen and oxygen atoms in total. The molecule has 1 rings (SSSR count). The fourth-order valence-electron chi connectivity index (χ4n) is 2.97. The minimum Gasteiger partial charge on any atom is -0.374 e. The summed E-state index contributed by atoms with van der Waals surface area (Å²) in [6, 6.07) is 0.144. The molecule has 2 unspecified atom stereocenters. The summed E-state index contributed by atoms with van der Waals surface area (Å²) in [5, 5.41) is 5.97. The van der Waals surface area contributed by atoms with Gasteiger partial charge in [0.2, 0.25) is 0 Å². The second kappa shape index (κ2) is 10.9. The summed E-state index contributed by atoms with van der Waals surface area (Å²) in [4.78, 5) is 14.4. The lowest BCUT2D eigenvalue weighted by atomic mass is 10.0. The van der Waals surface area contributed by atoms with E-state index < -0.39 is 0 Å². The molecule has 136 valence electrons. The van der Waals surface area contributed by atoms with Gasteiger partial charge < -0.3 is 15.4 Å². The summed E-state index contributed by atoms with van der Waals surface area (Å²) in [6.07, 6.45) is 3.52. The van der Waals surface area contributed by atoms with Gasteiger partial charge in [-0.25, -0.2) is 4.79 Å². The topological polar surface area (TPSA) is 53.6 Å². The van der Waals surface area contributed by atoms with Crippen molar-refractivity contribution >= 4 is 6.03 Å². The molecule has 0 aromatic rings. The molecule has 0 saturated carbocycles. The predicted octanol–water partition coefficient (Wildman–Crippen LogP) is 2.86. The van der Waals surface area contributed by atoms with E-state index in [2.05, 4.69) is 50.2 Å². The molecule has 0 bridgehead atoms. The molecular formula is C18H37N3O2. The molecule has 1 aliphatic rings. The van der Waals surface area contributed by atoms with Crippen LogP contribution in [0.1, 0.15) is 53.9 Å². The Morgan fingerprint density at radius 1 is 1.17 bits per heavy atom. The smallest absolute Gasteiger partial charge is 0.315 e. The number of rotatable bonds is 9. The molecule has 5 heteroatoms. The summed E-state index contributed by atoms with van der Waals surface area (Å²) in [5.74, 6) is 1.39. The van der Waals surface area contributed by atoms with E-state index in [1.165, 1.54) is 6.42 Å². The third-order valence-corrected chi connectivity index (χ3v) is 4.13. The van der Waals surface area contributed by atoms with Crippen molar-refractivity contribution in [1.82, 2.24) is 15.5 Å². The third-order valence-electron chi connectivity index (χ3n) is 4.13. The normalized spacial score (nSPS) is 20.7. The van der Waals surface area contributed by atoms with Crippen LogP contribution in [-0.4, -0.2) is 55.9 Å². The molecule has 2 atom stereocenters. The number of ether oxygens (including phenoxy) is 1. The molecule has 0 aromatic heterocycles. The van der Waals surface area contributed by atoms with Crippen molar-refractivity contribution in [3.8, 4) is 0 Å². The van der Waals surface area contributed by atoms with Crippen LogP contribution in [0.4, 0.5) is 4.79 Å². The van der Waals surface area contributed by atoms with E-state index in [0.29, 0.717) is 12.5 Å². The minimum atomic E-state index is -0.0772. The van der Waals surface area contributed by atoms with Crippen LogP contribution in [-0.2, 0) is 4.74 Å². The fraction of sp³-hybridized carbons (Fsp3) is 0.944. The van der Waals surface area contributed by atoms with Gasteiger partial charge in [0.1, 0.15) is 0 Å². The van der Waals surface area contributed by atoms with Crippen LogP contribution in [0, 0.1) is 11.8 Å². The molecule has 1 saturated heterocycles. The maximum Gasteiger partial charge on any atom is 0.315 e. The van der Waals surface area contributed by atoms with Crippen LogP contribution < -0.4 is 10.6 Å². The van der Waals surface area contributed by atoms with Crippen LogP contribution >= 0.6 is 0 Å². The first-order valence-electron chi connectivity index (χ1n) is 9.25. The van der Waals surface area contributed by atoms with Gasteiger partial charge in [0.15, 0.2) is 0 Å². The molecule has 1 aliphatic heterocycles. The van der Waals surface area contributed by atoms with Gasteiger partial charge in [-0.15, -0.1) is 0 Å². The van der Waals surface area contributed by atoms with E-state index in [1.54, 1.807) is 0 Å². The van der Waals surface area contributed by atoms with E-state index in [9.17, 15) is 4.79 Å². The summed E-state index contributed by atoms with van der Waals surface area (Å²) in [7, 11) is 0. The number of hydrogen-bond acceptors (Lipinski definition) is 3. The van der Waals surface area contributed by atoms with Crippen LogP contribution in [0.3, 0.4) is 0 Å². The van der Waals surface area contributed by atoms with E-state index in [1.807, 2.05) is 0 Å². The van der Waals surface area contributed by atoms with Gasteiger partial charge in [0, 0.05) is 32.2 Å². The van der Waals surface area contributed by atoms with Crippen molar-refractivity contribution in [1.29, 1.82) is 0 Å². The van der Waals surface area contributed by atoms with Crippen molar-refractivity contribution in [3.05, 3.63) is 0 Å². The Balaban J connectivity index is 2.17. The lowest BCUT2D eigenvalue weighted by Gasteiger charge is -2.34. The molecule has 0 radical (unpaired) electrons. The monoisotopic (exact) mass is 327 g/mol. The van der Waals surface area contributed by atoms with Crippen LogP contribution in [0.2, 0.25) is 0 Å². The Morgan fingerprint density at radius 3 is 2.57 bits per heavy atom. The van der Waals surface area contributed by atoms with Gasteiger partial charge in [0.25, 0.3) is 0 Å². The Kier molecular flexibility index (Phi) is 9.56. The summed E-state index contributed by atoms with van der Waals surface area (Å²) in [6.45, 7) is 15.3. The van der Waals surface area contributed by atoms with E-state index in [-0.39, 0.29) is 18.2 Å². The molecule has 23 heavy (non-hydrogen) atoms. The second-order valence-corrected chi connectivity index (χ2v) is 7.73. The molecule has 0 aromatic carbocycles. The minimum absolute atomic E-state index is 0.0772. The zero-order valence-electron chi connectivity index (χ0n) is 15.7. The molecule has 1 fully saturated rings. The highest BCUT2D eigenvalue weighted by atomic mass is 16.5. The molecule has 2 N–H and O–H groups in total. The molecule has 0 spiro atoms. The molecule has 0 aliphatic carbocycles. The van der Waals surface area contributed by atoms with E-state index in [4.69, 9.17) is 4.74 Å². The molecular weight excluding hydrogens is 290 g/mol. The van der Waals surface area contributed by atoms with Gasteiger partial charge >= 0.3 is 6.03 Å². The number of urea groups is 1. The SMILES string of the molecule is CC(C)CCCC(C)NC(=O)NCC1CN(CC(C)C)CCO1. The first-order chi connectivity index (χ1) is 10.9. The van der Waals surface area contributed by atoms with Gasteiger partial charge in [-0.2, -0.15) is 0 Å². The van der Waals surface area contributed by atoms with Crippen molar-refractivity contribution in [2.24, 2.45) is 11.8 Å². The predicted molar refractivity (Wildman–Crippen MR) is 95.7 cm³/mol. The Bertz CT molecular complexity index is 334. The lowest BCUT2D eigenvalue weighted by Crippen LogP contribution is -2.50. The highest BCUT2D eigenvalue weighted by molar-refractivity contribution is 5.74. The average molecular weight is 328 g/mol. The fourth-order valence-corrected chi connectivity index (χ4v) is 2.97. The highest BCUT2D eigenvalue weighted by Crippen LogP contribution is 2.09. The standard InChI is InChI=1S/C18H37N3O2/c1-14(2)7-6-8-16(5)20-18(22)19-11-17-13-21(9-10-23-17)12-15(3)4/h14-17H,6-13H2,1-5H3,(H2,19,20,22). The Morgan fingerprint density at radius 2 is 1.91 bits per heavy atom. The Hall–Kier alpha value is -0.810. The summed E-state index contributed by atoms with van der Waals surface area (Å²) >= 11 is 0. The van der Waals surface area contributed by atoms with Gasteiger partial charge in [-0.05, 0) is 25.2 Å². The first-order valence-corrected chi connectivity index (χ1v) is 9.25.